The van der Waals surface area contributed by atoms with Gasteiger partial charge < -0.3 is 4.74 Å². The van der Waals surface area contributed by atoms with Crippen LogP contribution < -0.4 is 0 Å². The van der Waals surface area contributed by atoms with Crippen LogP contribution in [0.1, 0.15) is 45.4 Å². The molecular formula is C13H18O3. The summed E-state index contributed by atoms with van der Waals surface area (Å²) in [5.41, 5.74) is 0.891. The van der Waals surface area contributed by atoms with E-state index >= 15 is 0 Å². The van der Waals surface area contributed by atoms with E-state index < -0.39 is 0 Å². The molecule has 0 aliphatic heterocycles. The van der Waals surface area contributed by atoms with Gasteiger partial charge in [0.05, 0.1) is 0 Å². The molecule has 0 saturated heterocycles. The molecule has 0 aromatic heterocycles. The van der Waals surface area contributed by atoms with Gasteiger partial charge in [-0.3, -0.25) is 9.59 Å². The minimum Gasteiger partial charge on any atom is -0.458 e. The van der Waals surface area contributed by atoms with E-state index in [-0.39, 0.29) is 18.0 Å². The van der Waals surface area contributed by atoms with Crippen LogP contribution in [0.5, 0.6) is 0 Å². The van der Waals surface area contributed by atoms with Gasteiger partial charge in [-0.15, -0.1) is 0 Å². The lowest BCUT2D eigenvalue weighted by atomic mass is 9.79. The molecule has 2 rings (SSSR count). The fourth-order valence-electron chi connectivity index (χ4n) is 2.66. The quantitative estimate of drug-likeness (QED) is 0.640. The monoisotopic (exact) mass is 222 g/mol. The highest BCUT2D eigenvalue weighted by molar-refractivity contribution is 5.98. The standard InChI is InChI=1S/C13H18O3/c1-9(14)16-12-7-10-5-3-2-4-6-11(8-12)13(10)15/h7,11-12H,2-6,8H2,1H3/t11-,12+/m0/s1. The van der Waals surface area contributed by atoms with Gasteiger partial charge in [-0.25, -0.2) is 0 Å². The van der Waals surface area contributed by atoms with Gasteiger partial charge in [0.15, 0.2) is 5.78 Å². The number of ketones is 1. The maximum atomic E-state index is 12.0. The highest BCUT2D eigenvalue weighted by Crippen LogP contribution is 2.32. The third-order valence-corrected chi connectivity index (χ3v) is 3.41. The molecule has 0 amide bonds. The molecule has 1 fully saturated rings. The van der Waals surface area contributed by atoms with E-state index in [0.717, 1.165) is 31.3 Å². The van der Waals surface area contributed by atoms with Crippen LogP contribution in [-0.4, -0.2) is 17.9 Å². The Balaban J connectivity index is 2.15. The number of hydrogen-bond donors (Lipinski definition) is 0. The summed E-state index contributed by atoms with van der Waals surface area (Å²) in [6.45, 7) is 1.42. The second kappa shape index (κ2) is 4.81. The van der Waals surface area contributed by atoms with Crippen LogP contribution in [0.2, 0.25) is 0 Å². The topological polar surface area (TPSA) is 43.4 Å². The molecule has 2 atom stereocenters. The lowest BCUT2D eigenvalue weighted by Gasteiger charge is -2.28. The van der Waals surface area contributed by atoms with Gasteiger partial charge in [-0.1, -0.05) is 12.8 Å². The van der Waals surface area contributed by atoms with Crippen molar-refractivity contribution >= 4 is 11.8 Å². The minimum absolute atomic E-state index is 0.0876. The van der Waals surface area contributed by atoms with Crippen molar-refractivity contribution < 1.29 is 14.3 Å². The Morgan fingerprint density at radius 1 is 1.38 bits per heavy atom. The Morgan fingerprint density at radius 3 is 2.94 bits per heavy atom. The molecule has 0 unspecified atom stereocenters. The minimum atomic E-state index is -0.259. The molecule has 1 saturated carbocycles. The normalized spacial score (nSPS) is 30.1. The van der Waals surface area contributed by atoms with E-state index in [9.17, 15) is 9.59 Å². The number of carbonyl (C=O) groups is 2. The Bertz CT molecular complexity index is 330. The van der Waals surface area contributed by atoms with Crippen LogP contribution in [0.4, 0.5) is 0 Å². The predicted molar refractivity (Wildman–Crippen MR) is 59.8 cm³/mol. The van der Waals surface area contributed by atoms with Crippen molar-refractivity contribution in [1.29, 1.82) is 0 Å². The van der Waals surface area contributed by atoms with Gasteiger partial charge >= 0.3 is 5.97 Å². The van der Waals surface area contributed by atoms with E-state index in [0.29, 0.717) is 12.2 Å². The number of ether oxygens (including phenoxy) is 1. The Hall–Kier alpha value is -1.12. The molecule has 16 heavy (non-hydrogen) atoms. The Labute approximate surface area is 95.9 Å². The maximum absolute atomic E-state index is 12.0. The highest BCUT2D eigenvalue weighted by atomic mass is 16.5. The molecule has 0 N–H and O–H groups in total. The summed E-state index contributed by atoms with van der Waals surface area (Å²) in [5, 5.41) is 0. The van der Waals surface area contributed by atoms with Gasteiger partial charge in [0.1, 0.15) is 6.10 Å². The number of allylic oxidation sites excluding steroid dienone is 1. The zero-order chi connectivity index (χ0) is 11.5. The largest absolute Gasteiger partial charge is 0.458 e. The van der Waals surface area contributed by atoms with Crippen molar-refractivity contribution in [2.45, 2.75) is 51.6 Å². The van der Waals surface area contributed by atoms with Crippen molar-refractivity contribution in [3.63, 3.8) is 0 Å². The van der Waals surface area contributed by atoms with E-state index in [2.05, 4.69) is 0 Å². The fraction of sp³-hybridized carbons (Fsp3) is 0.692. The molecule has 3 heteroatoms. The third-order valence-electron chi connectivity index (χ3n) is 3.41. The zero-order valence-corrected chi connectivity index (χ0v) is 9.70. The summed E-state index contributed by atoms with van der Waals surface area (Å²) >= 11 is 0. The van der Waals surface area contributed by atoms with Crippen LogP contribution >= 0.6 is 0 Å². The lowest BCUT2D eigenvalue weighted by Crippen LogP contribution is -2.31. The van der Waals surface area contributed by atoms with Crippen molar-refractivity contribution in [3.8, 4) is 0 Å². The number of fused-ring (bicyclic) bond motifs is 2. The highest BCUT2D eigenvalue weighted by Gasteiger charge is 2.31. The molecule has 2 aliphatic rings. The first-order valence-corrected chi connectivity index (χ1v) is 6.09. The van der Waals surface area contributed by atoms with Crippen LogP contribution in [0.15, 0.2) is 11.6 Å². The second-order valence-corrected chi connectivity index (χ2v) is 4.74. The third kappa shape index (κ3) is 2.52. The van der Waals surface area contributed by atoms with Crippen molar-refractivity contribution in [3.05, 3.63) is 11.6 Å². The SMILES string of the molecule is CC(=O)O[C@@H]1C=C2CCCCC[C@@H](C1)C2=O. The smallest absolute Gasteiger partial charge is 0.303 e. The molecule has 2 bridgehead atoms. The van der Waals surface area contributed by atoms with Crippen LogP contribution in [0.25, 0.3) is 0 Å². The number of hydrogen-bond acceptors (Lipinski definition) is 3. The molecule has 88 valence electrons. The van der Waals surface area contributed by atoms with Gasteiger partial charge in [0.2, 0.25) is 0 Å². The second-order valence-electron chi connectivity index (χ2n) is 4.74. The van der Waals surface area contributed by atoms with Crippen LogP contribution in [0, 0.1) is 5.92 Å². The number of Topliss-reactive ketones (excluding diaryl/α,β-unsaturated/α-hetero) is 1. The molecule has 3 nitrogen and oxygen atoms in total. The summed E-state index contributed by atoms with van der Waals surface area (Å²) < 4.78 is 5.20. The van der Waals surface area contributed by atoms with Gasteiger partial charge in [0.25, 0.3) is 0 Å². The van der Waals surface area contributed by atoms with Gasteiger partial charge in [0, 0.05) is 12.8 Å². The van der Waals surface area contributed by atoms with Gasteiger partial charge in [-0.05, 0) is 37.3 Å². The number of rotatable bonds is 1. The average molecular weight is 222 g/mol. The summed E-state index contributed by atoms with van der Waals surface area (Å²) in [7, 11) is 0. The van der Waals surface area contributed by atoms with Crippen LogP contribution in [0.3, 0.4) is 0 Å². The molecule has 0 spiro atoms. The lowest BCUT2D eigenvalue weighted by molar-refractivity contribution is -0.146. The summed E-state index contributed by atoms with van der Waals surface area (Å²) in [5.74, 6) is 0.124. The van der Waals surface area contributed by atoms with E-state index in [1.165, 1.54) is 13.3 Å². The Morgan fingerprint density at radius 2 is 2.19 bits per heavy atom. The fourth-order valence-corrected chi connectivity index (χ4v) is 2.66. The first-order chi connectivity index (χ1) is 7.66. The molecule has 0 heterocycles. The van der Waals surface area contributed by atoms with Gasteiger partial charge in [-0.2, -0.15) is 0 Å². The van der Waals surface area contributed by atoms with Crippen molar-refractivity contribution in [2.24, 2.45) is 5.92 Å². The molecule has 0 aromatic carbocycles. The molecule has 2 aliphatic carbocycles. The van der Waals surface area contributed by atoms with E-state index in [1.54, 1.807) is 0 Å². The van der Waals surface area contributed by atoms with Crippen LogP contribution in [-0.2, 0) is 14.3 Å². The summed E-state index contributed by atoms with van der Waals surface area (Å²) in [4.78, 5) is 22.9. The first kappa shape index (κ1) is 11.4. The first-order valence-electron chi connectivity index (χ1n) is 6.09. The van der Waals surface area contributed by atoms with Crippen molar-refractivity contribution in [2.75, 3.05) is 0 Å². The summed E-state index contributed by atoms with van der Waals surface area (Å²) in [6.07, 6.45) is 7.59. The summed E-state index contributed by atoms with van der Waals surface area (Å²) in [6, 6.07) is 0. The number of esters is 1. The van der Waals surface area contributed by atoms with Crippen molar-refractivity contribution in [1.82, 2.24) is 0 Å². The maximum Gasteiger partial charge on any atom is 0.303 e. The number of carbonyl (C=O) groups excluding carboxylic acids is 2. The Kier molecular flexibility index (Phi) is 3.42. The molecular weight excluding hydrogens is 204 g/mol. The van der Waals surface area contributed by atoms with E-state index in [4.69, 9.17) is 4.74 Å². The zero-order valence-electron chi connectivity index (χ0n) is 9.70. The average Bonchev–Trinajstić information content (AvgIpc) is 2.22. The molecule has 0 radical (unpaired) electrons. The molecule has 0 aromatic rings. The van der Waals surface area contributed by atoms with E-state index in [1.807, 2.05) is 6.08 Å². The predicted octanol–water partition coefficient (Wildman–Crippen LogP) is 2.40.